The topological polar surface area (TPSA) is 61.0 Å². The molecule has 1 fully saturated rings. The van der Waals surface area contributed by atoms with Gasteiger partial charge in [-0.3, -0.25) is 4.98 Å². The normalized spacial score (nSPS) is 17.6. The molecule has 0 bridgehead atoms. The van der Waals surface area contributed by atoms with E-state index in [1.807, 2.05) is 30.5 Å². The quantitative estimate of drug-likeness (QED) is 0.789. The molecule has 0 atom stereocenters. The van der Waals surface area contributed by atoms with Gasteiger partial charge in [-0.15, -0.1) is 0 Å². The molecule has 0 saturated heterocycles. The van der Waals surface area contributed by atoms with Crippen LogP contribution in [0.5, 0.6) is 0 Å². The van der Waals surface area contributed by atoms with Crippen LogP contribution in [-0.2, 0) is 10.3 Å². The molecule has 1 aliphatic rings. The van der Waals surface area contributed by atoms with Gasteiger partial charge in [-0.1, -0.05) is 12.1 Å². The van der Waals surface area contributed by atoms with Crippen molar-refractivity contribution in [3.8, 4) is 0 Å². The largest absolute Gasteiger partial charge is 0.304 e. The first-order chi connectivity index (χ1) is 7.84. The van der Waals surface area contributed by atoms with Gasteiger partial charge in [0.05, 0.1) is 23.3 Å². The predicted octanol–water partition coefficient (Wildman–Crippen LogP) is 1.55. The second-order valence-corrected chi connectivity index (χ2v) is 4.34. The summed E-state index contributed by atoms with van der Waals surface area (Å²) in [6, 6.07) is 7.88. The molecule has 16 heavy (non-hydrogen) atoms. The van der Waals surface area contributed by atoms with E-state index in [-0.39, 0.29) is 5.41 Å². The van der Waals surface area contributed by atoms with E-state index in [9.17, 15) is 0 Å². The molecule has 1 heterocycles. The third kappa shape index (κ3) is 1.47. The SMILES string of the molecule is NOCC1(c2cnc3ccccc3n2)CC1. The monoisotopic (exact) mass is 215 g/mol. The lowest BCUT2D eigenvalue weighted by molar-refractivity contribution is 0.115. The first-order valence-electron chi connectivity index (χ1n) is 5.38. The lowest BCUT2D eigenvalue weighted by atomic mass is 10.0. The summed E-state index contributed by atoms with van der Waals surface area (Å²) in [6.45, 7) is 0.528. The minimum atomic E-state index is 0.0196. The average molecular weight is 215 g/mol. The number of aromatic nitrogens is 2. The summed E-state index contributed by atoms with van der Waals surface area (Å²) in [5.41, 5.74) is 2.88. The molecule has 2 aromatic rings. The molecule has 1 saturated carbocycles. The number of para-hydroxylation sites is 2. The maximum absolute atomic E-state index is 5.16. The summed E-state index contributed by atoms with van der Waals surface area (Å²) in [7, 11) is 0. The fourth-order valence-electron chi connectivity index (χ4n) is 2.00. The van der Waals surface area contributed by atoms with Crippen molar-refractivity contribution in [2.24, 2.45) is 5.90 Å². The Balaban J connectivity index is 2.05. The van der Waals surface area contributed by atoms with Crippen LogP contribution < -0.4 is 5.90 Å². The highest BCUT2D eigenvalue weighted by Crippen LogP contribution is 2.47. The molecule has 4 heteroatoms. The highest BCUT2D eigenvalue weighted by molar-refractivity contribution is 5.73. The smallest absolute Gasteiger partial charge is 0.0890 e. The highest BCUT2D eigenvalue weighted by atomic mass is 16.6. The second kappa shape index (κ2) is 3.50. The van der Waals surface area contributed by atoms with Crippen LogP contribution in [0.15, 0.2) is 30.5 Å². The second-order valence-electron chi connectivity index (χ2n) is 4.34. The Hall–Kier alpha value is -1.52. The van der Waals surface area contributed by atoms with Crippen molar-refractivity contribution in [3.63, 3.8) is 0 Å². The number of rotatable bonds is 3. The van der Waals surface area contributed by atoms with E-state index in [1.165, 1.54) is 0 Å². The summed E-state index contributed by atoms with van der Waals surface area (Å²) < 4.78 is 0. The molecule has 1 aromatic heterocycles. The Morgan fingerprint density at radius 2 is 2.00 bits per heavy atom. The van der Waals surface area contributed by atoms with Crippen LogP contribution in [0.25, 0.3) is 11.0 Å². The van der Waals surface area contributed by atoms with Crippen LogP contribution in [-0.4, -0.2) is 16.6 Å². The Morgan fingerprint density at radius 1 is 1.25 bits per heavy atom. The number of benzene rings is 1. The summed E-state index contributed by atoms with van der Waals surface area (Å²) in [6.07, 6.45) is 4.00. The van der Waals surface area contributed by atoms with Crippen LogP contribution in [0.2, 0.25) is 0 Å². The maximum Gasteiger partial charge on any atom is 0.0890 e. The van der Waals surface area contributed by atoms with E-state index >= 15 is 0 Å². The molecule has 82 valence electrons. The molecule has 0 unspecified atom stereocenters. The van der Waals surface area contributed by atoms with Crippen LogP contribution in [0.1, 0.15) is 18.5 Å². The number of nitrogens with two attached hydrogens (primary N) is 1. The lowest BCUT2D eigenvalue weighted by Crippen LogP contribution is -2.19. The van der Waals surface area contributed by atoms with Crippen LogP contribution in [0.4, 0.5) is 0 Å². The van der Waals surface area contributed by atoms with Gasteiger partial charge >= 0.3 is 0 Å². The highest BCUT2D eigenvalue weighted by Gasteiger charge is 2.46. The standard InChI is InChI=1S/C12H13N3O/c13-16-8-12(5-6-12)11-7-14-9-3-1-2-4-10(9)15-11/h1-4,7H,5-6,8,13H2. The summed E-state index contributed by atoms with van der Waals surface area (Å²) in [4.78, 5) is 13.8. The fourth-order valence-corrected chi connectivity index (χ4v) is 2.00. The molecule has 1 aliphatic carbocycles. The van der Waals surface area contributed by atoms with Crippen molar-refractivity contribution in [2.45, 2.75) is 18.3 Å². The van der Waals surface area contributed by atoms with Crippen LogP contribution in [0.3, 0.4) is 0 Å². The third-order valence-corrected chi connectivity index (χ3v) is 3.21. The molecular weight excluding hydrogens is 202 g/mol. The van der Waals surface area contributed by atoms with Gasteiger partial charge < -0.3 is 4.84 Å². The number of nitrogens with zero attached hydrogens (tertiary/aromatic N) is 2. The van der Waals surface area contributed by atoms with Crippen molar-refractivity contribution in [1.29, 1.82) is 0 Å². The Bertz CT molecular complexity index is 522. The Labute approximate surface area is 93.4 Å². The number of hydrogen-bond donors (Lipinski definition) is 1. The lowest BCUT2D eigenvalue weighted by Gasteiger charge is -2.12. The predicted molar refractivity (Wildman–Crippen MR) is 60.6 cm³/mol. The van der Waals surface area contributed by atoms with Gasteiger partial charge in [-0.05, 0) is 25.0 Å². The van der Waals surface area contributed by atoms with Gasteiger partial charge in [0.2, 0.25) is 0 Å². The molecule has 0 aliphatic heterocycles. The molecule has 0 radical (unpaired) electrons. The van der Waals surface area contributed by atoms with Crippen molar-refractivity contribution in [2.75, 3.05) is 6.61 Å². The average Bonchev–Trinajstić information content (AvgIpc) is 3.10. The first-order valence-corrected chi connectivity index (χ1v) is 5.38. The minimum absolute atomic E-state index is 0.0196. The molecule has 2 N–H and O–H groups in total. The number of fused-ring (bicyclic) bond motifs is 1. The van der Waals surface area contributed by atoms with Crippen molar-refractivity contribution in [1.82, 2.24) is 9.97 Å². The van der Waals surface area contributed by atoms with E-state index in [0.717, 1.165) is 29.6 Å². The maximum atomic E-state index is 5.16. The van der Waals surface area contributed by atoms with Gasteiger partial charge in [0, 0.05) is 11.6 Å². The Morgan fingerprint density at radius 3 is 2.69 bits per heavy atom. The molecule has 0 amide bonds. The van der Waals surface area contributed by atoms with Crippen molar-refractivity contribution >= 4 is 11.0 Å². The van der Waals surface area contributed by atoms with E-state index in [0.29, 0.717) is 6.61 Å². The zero-order valence-corrected chi connectivity index (χ0v) is 8.89. The zero-order chi connectivity index (χ0) is 11.0. The molecule has 4 nitrogen and oxygen atoms in total. The molecule has 1 aromatic carbocycles. The zero-order valence-electron chi connectivity index (χ0n) is 8.89. The molecule has 3 rings (SSSR count). The van der Waals surface area contributed by atoms with Gasteiger partial charge in [-0.25, -0.2) is 10.9 Å². The third-order valence-electron chi connectivity index (χ3n) is 3.21. The van der Waals surface area contributed by atoms with E-state index in [2.05, 4.69) is 9.97 Å². The van der Waals surface area contributed by atoms with Gasteiger partial charge in [-0.2, -0.15) is 0 Å². The van der Waals surface area contributed by atoms with Gasteiger partial charge in [0.15, 0.2) is 0 Å². The number of hydrogen-bond acceptors (Lipinski definition) is 4. The fraction of sp³-hybridized carbons (Fsp3) is 0.333. The van der Waals surface area contributed by atoms with Crippen LogP contribution in [0, 0.1) is 0 Å². The van der Waals surface area contributed by atoms with Gasteiger partial charge in [0.25, 0.3) is 0 Å². The van der Waals surface area contributed by atoms with E-state index < -0.39 is 0 Å². The van der Waals surface area contributed by atoms with Gasteiger partial charge in [0.1, 0.15) is 0 Å². The summed E-state index contributed by atoms with van der Waals surface area (Å²) >= 11 is 0. The summed E-state index contributed by atoms with van der Waals surface area (Å²) in [5, 5.41) is 0. The minimum Gasteiger partial charge on any atom is -0.304 e. The van der Waals surface area contributed by atoms with Crippen LogP contribution >= 0.6 is 0 Å². The van der Waals surface area contributed by atoms with E-state index in [4.69, 9.17) is 10.7 Å². The van der Waals surface area contributed by atoms with E-state index in [1.54, 1.807) is 0 Å². The van der Waals surface area contributed by atoms with Crippen molar-refractivity contribution in [3.05, 3.63) is 36.2 Å². The Kier molecular flexibility index (Phi) is 2.12. The van der Waals surface area contributed by atoms with Crippen molar-refractivity contribution < 1.29 is 4.84 Å². The molecule has 0 spiro atoms. The summed E-state index contributed by atoms with van der Waals surface area (Å²) in [5.74, 6) is 5.16. The first kappa shape index (κ1) is 9.69. The molecular formula is C12H13N3O.